The predicted octanol–water partition coefficient (Wildman–Crippen LogP) is 1.68. The molecule has 0 saturated carbocycles. The maximum Gasteiger partial charge on any atom is 0.143 e. The van der Waals surface area contributed by atoms with Crippen LogP contribution in [0.25, 0.3) is 16.9 Å². The van der Waals surface area contributed by atoms with Gasteiger partial charge < -0.3 is 5.73 Å². The maximum absolute atomic E-state index is 5.52. The highest BCUT2D eigenvalue weighted by Gasteiger charge is 2.06. The lowest BCUT2D eigenvalue weighted by Crippen LogP contribution is -2.00. The van der Waals surface area contributed by atoms with E-state index >= 15 is 0 Å². The third kappa shape index (κ3) is 2.73. The summed E-state index contributed by atoms with van der Waals surface area (Å²) in [7, 11) is 0. The van der Waals surface area contributed by atoms with Crippen LogP contribution in [0, 0.1) is 0 Å². The molecule has 0 saturated heterocycles. The Bertz CT molecular complexity index is 676. The van der Waals surface area contributed by atoms with Gasteiger partial charge in [0.2, 0.25) is 0 Å². The molecule has 6 nitrogen and oxygen atoms in total. The summed E-state index contributed by atoms with van der Waals surface area (Å²) >= 11 is 1.67. The number of tetrazole rings is 1. The Labute approximate surface area is 120 Å². The average Bonchev–Trinajstić information content (AvgIpc) is 3.17. The van der Waals surface area contributed by atoms with Gasteiger partial charge in [0.15, 0.2) is 0 Å². The first kappa shape index (κ1) is 12.9. The van der Waals surface area contributed by atoms with Gasteiger partial charge in [0.25, 0.3) is 0 Å². The normalized spacial score (nSPS) is 10.8. The minimum Gasteiger partial charge on any atom is -0.330 e. The summed E-state index contributed by atoms with van der Waals surface area (Å²) in [6, 6.07) is 8.00. The zero-order valence-corrected chi connectivity index (χ0v) is 11.6. The standard InChI is InChI=1S/C13H14N6S/c14-6-2-5-13-16-12(8-20-13)10-3-1-4-11(7-10)19-9-15-17-18-19/h1,3-4,7-9H,2,5-6,14H2. The van der Waals surface area contributed by atoms with Crippen molar-refractivity contribution in [2.45, 2.75) is 12.8 Å². The van der Waals surface area contributed by atoms with Crippen LogP contribution < -0.4 is 5.73 Å². The van der Waals surface area contributed by atoms with Crippen LogP contribution in [0.3, 0.4) is 0 Å². The highest BCUT2D eigenvalue weighted by molar-refractivity contribution is 7.09. The van der Waals surface area contributed by atoms with E-state index in [1.54, 1.807) is 22.3 Å². The molecule has 2 heterocycles. The molecule has 2 N–H and O–H groups in total. The summed E-state index contributed by atoms with van der Waals surface area (Å²) in [5.74, 6) is 0. The monoisotopic (exact) mass is 286 g/mol. The van der Waals surface area contributed by atoms with Gasteiger partial charge in [-0.2, -0.15) is 0 Å². The molecular weight excluding hydrogens is 272 g/mol. The third-order valence-corrected chi connectivity index (χ3v) is 3.81. The summed E-state index contributed by atoms with van der Waals surface area (Å²) in [6.45, 7) is 0.698. The van der Waals surface area contributed by atoms with E-state index in [2.05, 4.69) is 25.9 Å². The van der Waals surface area contributed by atoms with Crippen LogP contribution in [0.2, 0.25) is 0 Å². The van der Waals surface area contributed by atoms with Gasteiger partial charge in [-0.05, 0) is 35.5 Å². The van der Waals surface area contributed by atoms with Crippen LogP contribution in [0.15, 0.2) is 36.0 Å². The minimum atomic E-state index is 0.698. The summed E-state index contributed by atoms with van der Waals surface area (Å²) < 4.78 is 1.63. The van der Waals surface area contributed by atoms with Crippen LogP contribution in [-0.2, 0) is 6.42 Å². The number of nitrogens with zero attached hydrogens (tertiary/aromatic N) is 5. The van der Waals surface area contributed by atoms with Gasteiger partial charge in [0, 0.05) is 17.4 Å². The van der Waals surface area contributed by atoms with E-state index in [9.17, 15) is 0 Å². The molecule has 0 atom stereocenters. The number of benzene rings is 1. The minimum absolute atomic E-state index is 0.698. The molecule has 102 valence electrons. The lowest BCUT2D eigenvalue weighted by Gasteiger charge is -2.01. The van der Waals surface area contributed by atoms with Crippen molar-refractivity contribution in [3.8, 4) is 16.9 Å². The van der Waals surface area contributed by atoms with Crippen molar-refractivity contribution in [1.82, 2.24) is 25.2 Å². The first-order chi connectivity index (χ1) is 9.86. The molecule has 0 aliphatic rings. The SMILES string of the molecule is NCCCc1nc(-c2cccc(-n3cnnn3)c2)cs1. The zero-order chi connectivity index (χ0) is 13.8. The molecule has 0 spiro atoms. The molecule has 2 aromatic heterocycles. The fraction of sp³-hybridized carbons (Fsp3) is 0.231. The van der Waals surface area contributed by atoms with Crippen molar-refractivity contribution in [2.24, 2.45) is 5.73 Å². The predicted molar refractivity (Wildman–Crippen MR) is 77.6 cm³/mol. The van der Waals surface area contributed by atoms with Crippen molar-refractivity contribution in [3.05, 3.63) is 41.0 Å². The van der Waals surface area contributed by atoms with E-state index < -0.39 is 0 Å². The van der Waals surface area contributed by atoms with E-state index in [4.69, 9.17) is 5.73 Å². The lowest BCUT2D eigenvalue weighted by molar-refractivity contribution is 0.789. The second kappa shape index (κ2) is 5.89. The van der Waals surface area contributed by atoms with Gasteiger partial charge in [-0.25, -0.2) is 9.67 Å². The van der Waals surface area contributed by atoms with Crippen molar-refractivity contribution in [1.29, 1.82) is 0 Å². The topological polar surface area (TPSA) is 82.5 Å². The van der Waals surface area contributed by atoms with Gasteiger partial charge in [-0.3, -0.25) is 0 Å². The largest absolute Gasteiger partial charge is 0.330 e. The Morgan fingerprint density at radius 2 is 2.25 bits per heavy atom. The number of thiazole rings is 1. The average molecular weight is 286 g/mol. The van der Waals surface area contributed by atoms with E-state index in [0.29, 0.717) is 6.54 Å². The Kier molecular flexibility index (Phi) is 3.80. The second-order valence-electron chi connectivity index (χ2n) is 4.32. The van der Waals surface area contributed by atoms with Crippen LogP contribution in [0.1, 0.15) is 11.4 Å². The molecule has 0 radical (unpaired) electrons. The molecule has 0 unspecified atom stereocenters. The maximum atomic E-state index is 5.52. The van der Waals surface area contributed by atoms with Crippen molar-refractivity contribution >= 4 is 11.3 Å². The number of aryl methyl sites for hydroxylation is 1. The summed E-state index contributed by atoms with van der Waals surface area (Å²) in [4.78, 5) is 4.64. The smallest absolute Gasteiger partial charge is 0.143 e. The highest BCUT2D eigenvalue weighted by atomic mass is 32.1. The molecule has 0 fully saturated rings. The first-order valence-electron chi connectivity index (χ1n) is 6.35. The highest BCUT2D eigenvalue weighted by Crippen LogP contribution is 2.24. The number of rotatable bonds is 5. The molecule has 3 rings (SSSR count). The molecular formula is C13H14N6S. The number of hydrogen-bond acceptors (Lipinski definition) is 6. The van der Waals surface area contributed by atoms with Crippen LogP contribution >= 0.6 is 11.3 Å². The molecule has 0 bridgehead atoms. The van der Waals surface area contributed by atoms with Crippen molar-refractivity contribution in [3.63, 3.8) is 0 Å². The molecule has 0 amide bonds. The van der Waals surface area contributed by atoms with Crippen molar-refractivity contribution < 1.29 is 0 Å². The molecule has 0 aliphatic carbocycles. The summed E-state index contributed by atoms with van der Waals surface area (Å²) in [5, 5.41) is 14.4. The molecule has 0 aliphatic heterocycles. The second-order valence-corrected chi connectivity index (χ2v) is 5.27. The fourth-order valence-electron chi connectivity index (χ4n) is 1.90. The van der Waals surface area contributed by atoms with Gasteiger partial charge >= 0.3 is 0 Å². The van der Waals surface area contributed by atoms with E-state index in [-0.39, 0.29) is 0 Å². The van der Waals surface area contributed by atoms with Crippen molar-refractivity contribution in [2.75, 3.05) is 6.54 Å². The lowest BCUT2D eigenvalue weighted by atomic mass is 10.1. The molecule has 7 heteroatoms. The van der Waals surface area contributed by atoms with Crippen LogP contribution in [0.4, 0.5) is 0 Å². The number of nitrogens with two attached hydrogens (primary N) is 1. The third-order valence-electron chi connectivity index (χ3n) is 2.90. The molecule has 1 aromatic carbocycles. The van der Waals surface area contributed by atoms with Crippen LogP contribution in [-0.4, -0.2) is 31.7 Å². The first-order valence-corrected chi connectivity index (χ1v) is 7.23. The van der Waals surface area contributed by atoms with Gasteiger partial charge in [-0.1, -0.05) is 12.1 Å². The number of hydrogen-bond donors (Lipinski definition) is 1. The van der Waals surface area contributed by atoms with Gasteiger partial charge in [0.05, 0.1) is 16.4 Å². The Morgan fingerprint density at radius 3 is 3.05 bits per heavy atom. The Morgan fingerprint density at radius 1 is 1.30 bits per heavy atom. The fourth-order valence-corrected chi connectivity index (χ4v) is 2.75. The Balaban J connectivity index is 1.87. The quantitative estimate of drug-likeness (QED) is 0.771. The molecule has 20 heavy (non-hydrogen) atoms. The van der Waals surface area contributed by atoms with Gasteiger partial charge in [0.1, 0.15) is 6.33 Å². The van der Waals surface area contributed by atoms with E-state index in [1.165, 1.54) is 0 Å². The summed E-state index contributed by atoms with van der Waals surface area (Å²) in [5.41, 5.74) is 8.49. The Hall–Kier alpha value is -2.12. The summed E-state index contributed by atoms with van der Waals surface area (Å²) in [6.07, 6.45) is 3.48. The molecule has 3 aromatic rings. The zero-order valence-electron chi connectivity index (χ0n) is 10.8. The number of aromatic nitrogens is 5. The van der Waals surface area contributed by atoms with Gasteiger partial charge in [-0.15, -0.1) is 16.4 Å². The van der Waals surface area contributed by atoms with E-state index in [0.717, 1.165) is 34.8 Å². The van der Waals surface area contributed by atoms with Crippen LogP contribution in [0.5, 0.6) is 0 Å². The van der Waals surface area contributed by atoms with E-state index in [1.807, 2.05) is 24.3 Å².